The number of methoxy groups -OCH3 is 1. The molecule has 0 radical (unpaired) electrons. The number of hydrogen-bond acceptors (Lipinski definition) is 6. The highest BCUT2D eigenvalue weighted by Gasteiger charge is 2.08. The van der Waals surface area contributed by atoms with Gasteiger partial charge in [-0.15, -0.1) is 5.10 Å². The van der Waals surface area contributed by atoms with Gasteiger partial charge in [0.2, 0.25) is 5.88 Å². The third kappa shape index (κ3) is 1.64. The number of nitrogens with zero attached hydrogens (tertiary/aromatic N) is 5. The van der Waals surface area contributed by atoms with E-state index in [1.165, 1.54) is 18.1 Å². The summed E-state index contributed by atoms with van der Waals surface area (Å²) in [5.74, 6) is 0.857. The fourth-order valence-electron chi connectivity index (χ4n) is 1.16. The topological polar surface area (TPSA) is 103 Å². The predicted molar refractivity (Wildman–Crippen MR) is 54.8 cm³/mol. The van der Waals surface area contributed by atoms with Crippen molar-refractivity contribution in [3.63, 3.8) is 0 Å². The molecule has 0 fully saturated rings. The van der Waals surface area contributed by atoms with Crippen molar-refractivity contribution in [1.29, 1.82) is 5.26 Å². The van der Waals surface area contributed by atoms with Crippen LogP contribution < -0.4 is 10.5 Å². The number of nitrogen functional groups attached to an aromatic ring is 1. The SMILES string of the molecule is COc1ccc(N)c(-n2cnc(C#N)n2)n1. The smallest absolute Gasteiger partial charge is 0.252 e. The summed E-state index contributed by atoms with van der Waals surface area (Å²) in [7, 11) is 1.50. The molecule has 7 nitrogen and oxygen atoms in total. The van der Waals surface area contributed by atoms with Crippen molar-refractivity contribution < 1.29 is 4.74 Å². The zero-order valence-corrected chi connectivity index (χ0v) is 8.45. The Bertz CT molecular complexity index is 555. The van der Waals surface area contributed by atoms with Gasteiger partial charge in [-0.3, -0.25) is 0 Å². The van der Waals surface area contributed by atoms with E-state index in [0.717, 1.165) is 0 Å². The molecule has 0 saturated carbocycles. The fraction of sp³-hybridized carbons (Fsp3) is 0.111. The second-order valence-electron chi connectivity index (χ2n) is 2.89. The molecule has 2 aromatic rings. The lowest BCUT2D eigenvalue weighted by Gasteiger charge is -2.05. The van der Waals surface area contributed by atoms with E-state index in [4.69, 9.17) is 15.7 Å². The molecule has 0 unspecified atom stereocenters. The van der Waals surface area contributed by atoms with Gasteiger partial charge in [-0.05, 0) is 6.07 Å². The van der Waals surface area contributed by atoms with Gasteiger partial charge in [-0.25, -0.2) is 4.98 Å². The Morgan fingerprint density at radius 1 is 1.50 bits per heavy atom. The molecule has 7 heteroatoms. The van der Waals surface area contributed by atoms with E-state index in [2.05, 4.69) is 15.1 Å². The summed E-state index contributed by atoms with van der Waals surface area (Å²) in [5.41, 5.74) is 6.16. The molecule has 0 aliphatic rings. The quantitative estimate of drug-likeness (QED) is 0.765. The van der Waals surface area contributed by atoms with Gasteiger partial charge in [0.1, 0.15) is 12.4 Å². The largest absolute Gasteiger partial charge is 0.481 e. The van der Waals surface area contributed by atoms with Crippen molar-refractivity contribution in [2.75, 3.05) is 12.8 Å². The van der Waals surface area contributed by atoms with Gasteiger partial charge in [0.15, 0.2) is 5.82 Å². The van der Waals surface area contributed by atoms with Crippen molar-refractivity contribution in [3.8, 4) is 17.8 Å². The molecule has 2 rings (SSSR count). The third-order valence-electron chi connectivity index (χ3n) is 1.90. The first-order valence-electron chi connectivity index (χ1n) is 4.37. The molecule has 0 atom stereocenters. The normalized spacial score (nSPS) is 9.75. The molecule has 2 N–H and O–H groups in total. The average Bonchev–Trinajstić information content (AvgIpc) is 2.78. The maximum atomic E-state index is 8.60. The highest BCUT2D eigenvalue weighted by atomic mass is 16.5. The predicted octanol–water partition coefficient (Wildman–Crippen LogP) is 0.125. The molecule has 80 valence electrons. The van der Waals surface area contributed by atoms with Crippen molar-refractivity contribution in [1.82, 2.24) is 19.7 Å². The van der Waals surface area contributed by atoms with Gasteiger partial charge < -0.3 is 10.5 Å². The van der Waals surface area contributed by atoms with Crippen LogP contribution in [0.25, 0.3) is 5.82 Å². The van der Waals surface area contributed by atoms with Crippen LogP contribution in [0.1, 0.15) is 5.82 Å². The molecule has 0 aliphatic heterocycles. The lowest BCUT2D eigenvalue weighted by molar-refractivity contribution is 0.397. The summed E-state index contributed by atoms with van der Waals surface area (Å²) in [4.78, 5) is 7.87. The van der Waals surface area contributed by atoms with Crippen LogP contribution >= 0.6 is 0 Å². The molecule has 2 aromatic heterocycles. The first-order chi connectivity index (χ1) is 7.74. The fourth-order valence-corrected chi connectivity index (χ4v) is 1.16. The summed E-state index contributed by atoms with van der Waals surface area (Å²) in [5, 5.41) is 12.5. The number of pyridine rings is 1. The maximum Gasteiger partial charge on any atom is 0.252 e. The number of hydrogen-bond donors (Lipinski definition) is 1. The molecule has 0 aliphatic carbocycles. The Morgan fingerprint density at radius 3 is 2.94 bits per heavy atom. The average molecular weight is 216 g/mol. The van der Waals surface area contributed by atoms with Gasteiger partial charge in [0.25, 0.3) is 5.82 Å². The Kier molecular flexibility index (Phi) is 2.39. The van der Waals surface area contributed by atoms with Crippen LogP contribution in [0.3, 0.4) is 0 Å². The van der Waals surface area contributed by atoms with E-state index >= 15 is 0 Å². The minimum absolute atomic E-state index is 0.0593. The minimum atomic E-state index is 0.0593. The van der Waals surface area contributed by atoms with Crippen LogP contribution in [-0.2, 0) is 0 Å². The number of ether oxygens (including phenoxy) is 1. The van der Waals surface area contributed by atoms with Gasteiger partial charge in [0, 0.05) is 6.07 Å². The Hall–Kier alpha value is -2.62. The van der Waals surface area contributed by atoms with Crippen LogP contribution in [0.4, 0.5) is 5.69 Å². The van der Waals surface area contributed by atoms with Crippen molar-refractivity contribution in [3.05, 3.63) is 24.3 Å². The van der Waals surface area contributed by atoms with Crippen LogP contribution in [0.5, 0.6) is 5.88 Å². The van der Waals surface area contributed by atoms with E-state index < -0.39 is 0 Å². The Morgan fingerprint density at radius 2 is 2.31 bits per heavy atom. The lowest BCUT2D eigenvalue weighted by Crippen LogP contribution is -2.04. The maximum absolute atomic E-state index is 8.60. The molecular weight excluding hydrogens is 208 g/mol. The third-order valence-corrected chi connectivity index (χ3v) is 1.90. The first kappa shape index (κ1) is 9.92. The molecule has 0 bridgehead atoms. The van der Waals surface area contributed by atoms with Crippen molar-refractivity contribution in [2.24, 2.45) is 0 Å². The monoisotopic (exact) mass is 216 g/mol. The summed E-state index contributed by atoms with van der Waals surface area (Å²) in [6, 6.07) is 5.11. The Labute approximate surface area is 91.1 Å². The van der Waals surface area contributed by atoms with E-state index in [-0.39, 0.29) is 5.82 Å². The number of rotatable bonds is 2. The number of aromatic nitrogens is 4. The minimum Gasteiger partial charge on any atom is -0.481 e. The van der Waals surface area contributed by atoms with Crippen LogP contribution in [0.15, 0.2) is 18.5 Å². The molecule has 2 heterocycles. The summed E-state index contributed by atoms with van der Waals surface area (Å²) < 4.78 is 6.30. The van der Waals surface area contributed by atoms with Gasteiger partial charge >= 0.3 is 0 Å². The van der Waals surface area contributed by atoms with Crippen molar-refractivity contribution >= 4 is 5.69 Å². The van der Waals surface area contributed by atoms with Gasteiger partial charge in [-0.1, -0.05) is 0 Å². The molecule has 16 heavy (non-hydrogen) atoms. The number of nitriles is 1. The van der Waals surface area contributed by atoms with Crippen molar-refractivity contribution in [2.45, 2.75) is 0 Å². The zero-order valence-electron chi connectivity index (χ0n) is 8.45. The number of nitrogens with two attached hydrogens (primary N) is 1. The zero-order chi connectivity index (χ0) is 11.5. The summed E-state index contributed by atoms with van der Waals surface area (Å²) in [6.07, 6.45) is 1.37. The number of anilines is 1. The molecule has 0 aromatic carbocycles. The molecular formula is C9H8N6O. The summed E-state index contributed by atoms with van der Waals surface area (Å²) in [6.45, 7) is 0. The second-order valence-corrected chi connectivity index (χ2v) is 2.89. The van der Waals surface area contributed by atoms with E-state index in [0.29, 0.717) is 17.4 Å². The summed E-state index contributed by atoms with van der Waals surface area (Å²) >= 11 is 0. The first-order valence-corrected chi connectivity index (χ1v) is 4.37. The van der Waals surface area contributed by atoms with Gasteiger partial charge in [-0.2, -0.15) is 14.9 Å². The van der Waals surface area contributed by atoms with E-state index in [9.17, 15) is 0 Å². The molecule has 0 saturated heterocycles. The van der Waals surface area contributed by atoms with Gasteiger partial charge in [0.05, 0.1) is 12.8 Å². The Balaban J connectivity index is 2.50. The highest BCUT2D eigenvalue weighted by Crippen LogP contribution is 2.17. The van der Waals surface area contributed by atoms with E-state index in [1.54, 1.807) is 12.1 Å². The van der Waals surface area contributed by atoms with Crippen LogP contribution in [-0.4, -0.2) is 26.9 Å². The second kappa shape index (κ2) is 3.86. The van der Waals surface area contributed by atoms with Crippen LogP contribution in [0, 0.1) is 11.3 Å². The molecule has 0 spiro atoms. The van der Waals surface area contributed by atoms with Crippen LogP contribution in [0.2, 0.25) is 0 Å². The highest BCUT2D eigenvalue weighted by molar-refractivity contribution is 5.53. The molecule has 0 amide bonds. The lowest BCUT2D eigenvalue weighted by atomic mass is 10.4. The standard InChI is InChI=1S/C9H8N6O/c1-16-8-3-2-6(11)9(13-8)15-5-12-7(4-10)14-15/h2-3,5H,11H2,1H3. The van der Waals surface area contributed by atoms with E-state index in [1.807, 2.05) is 6.07 Å².